The van der Waals surface area contributed by atoms with E-state index in [4.69, 9.17) is 0 Å². The second-order valence-corrected chi connectivity index (χ2v) is 4.38. The molecule has 0 spiro atoms. The van der Waals surface area contributed by atoms with Crippen LogP contribution in [-0.4, -0.2) is 30.1 Å². The summed E-state index contributed by atoms with van der Waals surface area (Å²) in [5.74, 6) is -0.244. The number of amides is 2. The van der Waals surface area contributed by atoms with Crippen LogP contribution in [0.3, 0.4) is 0 Å². The van der Waals surface area contributed by atoms with E-state index < -0.39 is 11.7 Å². The van der Waals surface area contributed by atoms with Crippen LogP contribution in [0, 0.1) is 0 Å². The lowest BCUT2D eigenvalue weighted by Gasteiger charge is -2.14. The summed E-state index contributed by atoms with van der Waals surface area (Å²) in [4.78, 5) is 14.9. The van der Waals surface area contributed by atoms with Crippen molar-refractivity contribution in [3.8, 4) is 0 Å². The monoisotopic (exact) mass is 290 g/mol. The second kappa shape index (κ2) is 6.97. The third-order valence-corrected chi connectivity index (χ3v) is 2.24. The first-order chi connectivity index (χ1) is 9.30. The number of urea groups is 1. The maximum atomic E-state index is 12.7. The van der Waals surface area contributed by atoms with Crippen LogP contribution < -0.4 is 16.0 Å². The van der Waals surface area contributed by atoms with Gasteiger partial charge in [-0.25, -0.2) is 9.78 Å². The number of nitrogens with zero attached hydrogens (tertiary/aromatic N) is 1. The Morgan fingerprint density at radius 2 is 2.05 bits per heavy atom. The molecule has 0 aliphatic heterocycles. The lowest BCUT2D eigenvalue weighted by atomic mass is 10.2. The van der Waals surface area contributed by atoms with Crippen molar-refractivity contribution >= 4 is 11.8 Å². The molecule has 2 amide bonds. The molecule has 0 aromatic carbocycles. The highest BCUT2D eigenvalue weighted by Crippen LogP contribution is 2.33. The van der Waals surface area contributed by atoms with Gasteiger partial charge in [0.15, 0.2) is 0 Å². The largest absolute Gasteiger partial charge is 0.419 e. The lowest BCUT2D eigenvalue weighted by molar-refractivity contribution is -0.137. The van der Waals surface area contributed by atoms with Crippen LogP contribution in [0.2, 0.25) is 0 Å². The summed E-state index contributed by atoms with van der Waals surface area (Å²) in [5, 5.41) is 7.68. The summed E-state index contributed by atoms with van der Waals surface area (Å²) in [5.41, 5.74) is -0.827. The van der Waals surface area contributed by atoms with Gasteiger partial charge in [-0.05, 0) is 26.0 Å². The van der Waals surface area contributed by atoms with Crippen molar-refractivity contribution in [2.75, 3.05) is 18.4 Å². The molecule has 0 bridgehead atoms. The molecule has 5 nitrogen and oxygen atoms in total. The predicted molar refractivity (Wildman–Crippen MR) is 69.4 cm³/mol. The number of nitrogens with one attached hydrogen (secondary N) is 3. The fourth-order valence-corrected chi connectivity index (χ4v) is 1.45. The third kappa shape index (κ3) is 5.33. The van der Waals surface area contributed by atoms with E-state index >= 15 is 0 Å². The molecule has 1 aromatic rings. The molecular weight excluding hydrogens is 273 g/mol. The number of anilines is 1. The van der Waals surface area contributed by atoms with Crippen molar-refractivity contribution in [1.82, 2.24) is 15.6 Å². The zero-order chi connectivity index (χ0) is 15.2. The van der Waals surface area contributed by atoms with Crippen LogP contribution in [0.15, 0.2) is 18.3 Å². The molecular formula is C12H17F3N4O. The van der Waals surface area contributed by atoms with E-state index in [0.717, 1.165) is 6.07 Å². The Morgan fingerprint density at radius 3 is 2.65 bits per heavy atom. The summed E-state index contributed by atoms with van der Waals surface area (Å²) < 4.78 is 38.0. The van der Waals surface area contributed by atoms with Crippen molar-refractivity contribution < 1.29 is 18.0 Å². The normalized spacial score (nSPS) is 11.3. The summed E-state index contributed by atoms with van der Waals surface area (Å²) in [7, 11) is 0. The molecule has 3 N–H and O–H groups in total. The number of alkyl halides is 3. The number of aromatic nitrogens is 1. The van der Waals surface area contributed by atoms with Gasteiger partial charge in [0.05, 0.1) is 5.56 Å². The first-order valence-corrected chi connectivity index (χ1v) is 6.11. The Bertz CT molecular complexity index is 449. The average Bonchev–Trinajstić information content (AvgIpc) is 2.33. The number of carbonyl (C=O) groups is 1. The number of rotatable bonds is 5. The lowest BCUT2D eigenvalue weighted by Crippen LogP contribution is -2.41. The van der Waals surface area contributed by atoms with Gasteiger partial charge in [-0.1, -0.05) is 0 Å². The van der Waals surface area contributed by atoms with Crippen LogP contribution in [0.1, 0.15) is 19.4 Å². The summed E-state index contributed by atoms with van der Waals surface area (Å²) in [6.07, 6.45) is -3.19. The van der Waals surface area contributed by atoms with E-state index in [1.165, 1.54) is 12.3 Å². The predicted octanol–water partition coefficient (Wildman–Crippen LogP) is 2.22. The Morgan fingerprint density at radius 1 is 1.35 bits per heavy atom. The van der Waals surface area contributed by atoms with Gasteiger partial charge in [-0.3, -0.25) is 0 Å². The van der Waals surface area contributed by atoms with Gasteiger partial charge in [0.25, 0.3) is 0 Å². The van der Waals surface area contributed by atoms with Crippen molar-refractivity contribution in [1.29, 1.82) is 0 Å². The molecule has 0 unspecified atom stereocenters. The average molecular weight is 290 g/mol. The highest BCUT2D eigenvalue weighted by Gasteiger charge is 2.33. The first-order valence-electron chi connectivity index (χ1n) is 6.11. The van der Waals surface area contributed by atoms with Gasteiger partial charge in [0.2, 0.25) is 0 Å². The van der Waals surface area contributed by atoms with Crippen molar-refractivity contribution in [2.24, 2.45) is 0 Å². The van der Waals surface area contributed by atoms with E-state index in [-0.39, 0.29) is 31.0 Å². The Hall–Kier alpha value is -1.99. The second-order valence-electron chi connectivity index (χ2n) is 4.38. The van der Waals surface area contributed by atoms with E-state index in [1.807, 2.05) is 0 Å². The minimum atomic E-state index is -4.46. The van der Waals surface area contributed by atoms with E-state index in [1.54, 1.807) is 13.8 Å². The molecule has 20 heavy (non-hydrogen) atoms. The quantitative estimate of drug-likeness (QED) is 0.728. The Balaban J connectivity index is 2.45. The molecule has 0 aliphatic rings. The number of hydrogen-bond acceptors (Lipinski definition) is 3. The van der Waals surface area contributed by atoms with E-state index in [0.29, 0.717) is 0 Å². The van der Waals surface area contributed by atoms with Gasteiger partial charge in [0, 0.05) is 25.3 Å². The smallest absolute Gasteiger partial charge is 0.368 e. The zero-order valence-electron chi connectivity index (χ0n) is 11.2. The fraction of sp³-hybridized carbons (Fsp3) is 0.500. The van der Waals surface area contributed by atoms with Crippen LogP contribution in [0.4, 0.5) is 23.8 Å². The SMILES string of the molecule is CC(C)NC(=O)NCCNc1ncccc1C(F)(F)F. The molecule has 0 atom stereocenters. The molecule has 0 saturated heterocycles. The van der Waals surface area contributed by atoms with Gasteiger partial charge in [-0.2, -0.15) is 13.2 Å². The Kier molecular flexibility index (Phi) is 5.60. The van der Waals surface area contributed by atoms with Crippen molar-refractivity contribution in [3.05, 3.63) is 23.9 Å². The molecule has 0 aliphatic carbocycles. The zero-order valence-corrected chi connectivity index (χ0v) is 11.2. The highest BCUT2D eigenvalue weighted by atomic mass is 19.4. The number of carbonyl (C=O) groups excluding carboxylic acids is 1. The molecule has 1 rings (SSSR count). The van der Waals surface area contributed by atoms with E-state index in [9.17, 15) is 18.0 Å². The molecule has 0 fully saturated rings. The molecule has 8 heteroatoms. The van der Waals surface area contributed by atoms with E-state index in [2.05, 4.69) is 20.9 Å². The van der Waals surface area contributed by atoms with Crippen molar-refractivity contribution in [2.45, 2.75) is 26.1 Å². The molecule has 112 valence electrons. The summed E-state index contributed by atoms with van der Waals surface area (Å²) in [6, 6.07) is 1.81. The first kappa shape index (κ1) is 16.1. The maximum Gasteiger partial charge on any atom is 0.419 e. The van der Waals surface area contributed by atoms with Crippen molar-refractivity contribution in [3.63, 3.8) is 0 Å². The highest BCUT2D eigenvalue weighted by molar-refractivity contribution is 5.74. The summed E-state index contributed by atoms with van der Waals surface area (Å²) >= 11 is 0. The van der Waals surface area contributed by atoms with Crippen LogP contribution in [0.25, 0.3) is 0 Å². The van der Waals surface area contributed by atoms with Crippen LogP contribution in [0.5, 0.6) is 0 Å². The number of halogens is 3. The topological polar surface area (TPSA) is 66.1 Å². The van der Waals surface area contributed by atoms with Crippen LogP contribution in [-0.2, 0) is 6.18 Å². The summed E-state index contributed by atoms with van der Waals surface area (Å²) in [6.45, 7) is 3.95. The molecule has 0 saturated carbocycles. The molecule has 1 aromatic heterocycles. The van der Waals surface area contributed by atoms with Gasteiger partial charge in [-0.15, -0.1) is 0 Å². The minimum Gasteiger partial charge on any atom is -0.368 e. The number of hydrogen-bond donors (Lipinski definition) is 3. The Labute approximate surface area is 115 Å². The maximum absolute atomic E-state index is 12.7. The minimum absolute atomic E-state index is 0.00409. The third-order valence-electron chi connectivity index (χ3n) is 2.24. The standard InChI is InChI=1S/C12H17F3N4O/c1-8(2)19-11(20)18-7-6-17-10-9(12(13,14)15)4-3-5-16-10/h3-5,8H,6-7H2,1-2H3,(H,16,17)(H2,18,19,20). The van der Waals surface area contributed by atoms with Gasteiger partial charge >= 0.3 is 12.2 Å². The fourth-order valence-electron chi connectivity index (χ4n) is 1.45. The van der Waals surface area contributed by atoms with Gasteiger partial charge < -0.3 is 16.0 Å². The molecule has 0 radical (unpaired) electrons. The van der Waals surface area contributed by atoms with Gasteiger partial charge in [0.1, 0.15) is 5.82 Å². The van der Waals surface area contributed by atoms with Crippen LogP contribution >= 0.6 is 0 Å². The number of pyridine rings is 1. The molecule has 1 heterocycles.